The number of aryl methyl sites for hydroxylation is 1. The lowest BCUT2D eigenvalue weighted by Crippen LogP contribution is -1.97. The quantitative estimate of drug-likeness (QED) is 0.784. The number of hydrogen-bond donors (Lipinski definition) is 1. The molecule has 0 bridgehead atoms. The smallest absolute Gasteiger partial charge is 0.128 e. The van der Waals surface area contributed by atoms with Gasteiger partial charge in [-0.1, -0.05) is 6.07 Å². The molecule has 3 nitrogen and oxygen atoms in total. The maximum atomic E-state index is 8.76. The number of fused-ring (bicyclic) bond motifs is 1. The van der Waals surface area contributed by atoms with Gasteiger partial charge in [0.25, 0.3) is 0 Å². The van der Waals surface area contributed by atoms with Gasteiger partial charge in [0.1, 0.15) is 5.75 Å². The summed E-state index contributed by atoms with van der Waals surface area (Å²) in [7, 11) is 1.69. The molecule has 0 unspecified atom stereocenters. The van der Waals surface area contributed by atoms with Gasteiger partial charge < -0.3 is 14.4 Å². The molecule has 0 fully saturated rings. The maximum absolute atomic E-state index is 8.76. The van der Waals surface area contributed by atoms with Gasteiger partial charge in [-0.05, 0) is 31.0 Å². The molecular formula is C13H17NO2. The van der Waals surface area contributed by atoms with E-state index in [2.05, 4.69) is 22.9 Å². The molecule has 0 atom stereocenters. The molecule has 2 rings (SSSR count). The molecule has 0 amide bonds. The largest absolute Gasteiger partial charge is 0.496 e. The van der Waals surface area contributed by atoms with Crippen molar-refractivity contribution < 1.29 is 9.84 Å². The molecule has 0 aliphatic rings. The molecule has 16 heavy (non-hydrogen) atoms. The minimum absolute atomic E-state index is 0.266. The van der Waals surface area contributed by atoms with E-state index in [-0.39, 0.29) is 6.61 Å². The standard InChI is InChI=1S/C13H17NO2/c1-16-13-6-4-5-12-11(13)7-9-14(12)8-2-3-10-15/h4-7,9,15H,2-3,8,10H2,1H3. The molecule has 1 aromatic heterocycles. The molecule has 3 heteroatoms. The normalized spacial score (nSPS) is 10.9. The second kappa shape index (κ2) is 5.03. The molecule has 0 aliphatic heterocycles. The van der Waals surface area contributed by atoms with Crippen LogP contribution in [-0.4, -0.2) is 23.4 Å². The predicted octanol–water partition coefficient (Wildman–Crippen LogP) is 2.42. The number of aromatic nitrogens is 1. The molecule has 0 radical (unpaired) electrons. The summed E-state index contributed by atoms with van der Waals surface area (Å²) in [5.41, 5.74) is 1.19. The summed E-state index contributed by atoms with van der Waals surface area (Å²) in [6, 6.07) is 8.15. The zero-order valence-electron chi connectivity index (χ0n) is 9.52. The highest BCUT2D eigenvalue weighted by molar-refractivity contribution is 5.86. The highest BCUT2D eigenvalue weighted by atomic mass is 16.5. The summed E-state index contributed by atoms with van der Waals surface area (Å²) in [6.45, 7) is 1.21. The number of aliphatic hydroxyl groups excluding tert-OH is 1. The topological polar surface area (TPSA) is 34.4 Å². The highest BCUT2D eigenvalue weighted by Crippen LogP contribution is 2.26. The Morgan fingerprint density at radius 3 is 2.88 bits per heavy atom. The van der Waals surface area contributed by atoms with Crippen LogP contribution in [0.2, 0.25) is 0 Å². The molecule has 0 aliphatic carbocycles. The molecule has 1 N–H and O–H groups in total. The number of unbranched alkanes of at least 4 members (excludes halogenated alkanes) is 1. The first-order valence-electron chi connectivity index (χ1n) is 5.59. The zero-order chi connectivity index (χ0) is 11.4. The molecule has 1 aromatic carbocycles. The number of hydrogen-bond acceptors (Lipinski definition) is 2. The summed E-state index contributed by atoms with van der Waals surface area (Å²) in [5, 5.41) is 9.91. The Balaban J connectivity index is 2.27. The van der Waals surface area contributed by atoms with E-state index in [0.717, 1.165) is 30.5 Å². The highest BCUT2D eigenvalue weighted by Gasteiger charge is 2.04. The Bertz CT molecular complexity index is 462. The number of methoxy groups -OCH3 is 1. The summed E-state index contributed by atoms with van der Waals surface area (Å²) < 4.78 is 7.51. The lowest BCUT2D eigenvalue weighted by atomic mass is 10.2. The fourth-order valence-corrected chi connectivity index (χ4v) is 1.96. The first-order valence-corrected chi connectivity index (χ1v) is 5.59. The van der Waals surface area contributed by atoms with Gasteiger partial charge in [0.05, 0.1) is 12.6 Å². The summed E-state index contributed by atoms with van der Waals surface area (Å²) >= 11 is 0. The van der Waals surface area contributed by atoms with E-state index in [9.17, 15) is 0 Å². The van der Waals surface area contributed by atoms with E-state index in [0.29, 0.717) is 0 Å². The van der Waals surface area contributed by atoms with Crippen LogP contribution in [-0.2, 0) is 6.54 Å². The second-order valence-electron chi connectivity index (χ2n) is 3.83. The van der Waals surface area contributed by atoms with Gasteiger partial charge in [0.2, 0.25) is 0 Å². The van der Waals surface area contributed by atoms with Crippen LogP contribution in [0, 0.1) is 0 Å². The van der Waals surface area contributed by atoms with Crippen molar-refractivity contribution in [3.63, 3.8) is 0 Å². The van der Waals surface area contributed by atoms with Crippen LogP contribution in [0.25, 0.3) is 10.9 Å². The third-order valence-corrected chi connectivity index (χ3v) is 2.80. The monoisotopic (exact) mass is 219 g/mol. The van der Waals surface area contributed by atoms with Crippen molar-refractivity contribution in [1.82, 2.24) is 4.57 Å². The molecule has 0 saturated heterocycles. The fourth-order valence-electron chi connectivity index (χ4n) is 1.96. The fraction of sp³-hybridized carbons (Fsp3) is 0.385. The van der Waals surface area contributed by atoms with Gasteiger partial charge in [-0.2, -0.15) is 0 Å². The number of ether oxygens (including phenoxy) is 1. The second-order valence-corrected chi connectivity index (χ2v) is 3.83. The van der Waals surface area contributed by atoms with Gasteiger partial charge in [-0.25, -0.2) is 0 Å². The van der Waals surface area contributed by atoms with Crippen molar-refractivity contribution in [3.8, 4) is 5.75 Å². The van der Waals surface area contributed by atoms with E-state index in [1.807, 2.05) is 12.1 Å². The molecule has 1 heterocycles. The minimum atomic E-state index is 0.266. The van der Waals surface area contributed by atoms with Crippen LogP contribution in [0.5, 0.6) is 5.75 Å². The molecule has 0 spiro atoms. The molecule has 0 saturated carbocycles. The van der Waals surface area contributed by atoms with Crippen LogP contribution in [0.15, 0.2) is 30.5 Å². The third kappa shape index (κ3) is 2.04. The Kier molecular flexibility index (Phi) is 3.47. The van der Waals surface area contributed by atoms with Crippen molar-refractivity contribution in [2.24, 2.45) is 0 Å². The predicted molar refractivity (Wildman–Crippen MR) is 64.8 cm³/mol. The first-order chi connectivity index (χ1) is 7.86. The van der Waals surface area contributed by atoms with Crippen molar-refractivity contribution in [2.75, 3.05) is 13.7 Å². The van der Waals surface area contributed by atoms with E-state index in [4.69, 9.17) is 9.84 Å². The SMILES string of the molecule is COc1cccc2c1ccn2CCCCO. The van der Waals surface area contributed by atoms with Crippen LogP contribution in [0.4, 0.5) is 0 Å². The van der Waals surface area contributed by atoms with Crippen molar-refractivity contribution in [3.05, 3.63) is 30.5 Å². The van der Waals surface area contributed by atoms with Crippen molar-refractivity contribution >= 4 is 10.9 Å². The lowest BCUT2D eigenvalue weighted by molar-refractivity contribution is 0.281. The summed E-state index contributed by atoms with van der Waals surface area (Å²) in [6.07, 6.45) is 3.92. The Labute approximate surface area is 95.3 Å². The number of rotatable bonds is 5. The Morgan fingerprint density at radius 2 is 2.12 bits per heavy atom. The van der Waals surface area contributed by atoms with Crippen molar-refractivity contribution in [2.45, 2.75) is 19.4 Å². The Morgan fingerprint density at radius 1 is 1.25 bits per heavy atom. The summed E-state index contributed by atoms with van der Waals surface area (Å²) in [4.78, 5) is 0. The van der Waals surface area contributed by atoms with Crippen LogP contribution in [0.1, 0.15) is 12.8 Å². The molecule has 86 valence electrons. The van der Waals surface area contributed by atoms with E-state index < -0.39 is 0 Å². The van der Waals surface area contributed by atoms with Gasteiger partial charge in [-0.15, -0.1) is 0 Å². The van der Waals surface area contributed by atoms with Gasteiger partial charge in [0, 0.05) is 24.7 Å². The number of nitrogens with zero attached hydrogens (tertiary/aromatic N) is 1. The van der Waals surface area contributed by atoms with Crippen LogP contribution >= 0.6 is 0 Å². The van der Waals surface area contributed by atoms with Crippen LogP contribution in [0.3, 0.4) is 0 Å². The maximum Gasteiger partial charge on any atom is 0.128 e. The van der Waals surface area contributed by atoms with Crippen LogP contribution < -0.4 is 4.74 Å². The van der Waals surface area contributed by atoms with E-state index in [1.54, 1.807) is 7.11 Å². The number of benzene rings is 1. The average Bonchev–Trinajstić information content (AvgIpc) is 2.73. The lowest BCUT2D eigenvalue weighted by Gasteiger charge is -2.06. The van der Waals surface area contributed by atoms with E-state index in [1.165, 1.54) is 5.52 Å². The third-order valence-electron chi connectivity index (χ3n) is 2.80. The van der Waals surface area contributed by atoms with Gasteiger partial charge in [-0.3, -0.25) is 0 Å². The molecular weight excluding hydrogens is 202 g/mol. The zero-order valence-corrected chi connectivity index (χ0v) is 9.52. The van der Waals surface area contributed by atoms with Gasteiger partial charge in [0.15, 0.2) is 0 Å². The van der Waals surface area contributed by atoms with Crippen molar-refractivity contribution in [1.29, 1.82) is 0 Å². The number of aliphatic hydroxyl groups is 1. The molecule has 2 aromatic rings. The summed E-state index contributed by atoms with van der Waals surface area (Å²) in [5.74, 6) is 0.915. The first kappa shape index (κ1) is 11.0. The van der Waals surface area contributed by atoms with E-state index >= 15 is 0 Å². The Hall–Kier alpha value is -1.48. The average molecular weight is 219 g/mol. The van der Waals surface area contributed by atoms with Gasteiger partial charge >= 0.3 is 0 Å². The minimum Gasteiger partial charge on any atom is -0.496 e.